The van der Waals surface area contributed by atoms with Crippen LogP contribution in [0.25, 0.3) is 0 Å². The molecular formula is C11H18. The molecule has 2 aliphatic rings. The van der Waals surface area contributed by atoms with Gasteiger partial charge in [-0.05, 0) is 37.0 Å². The largest absolute Gasteiger partial charge is 0.0882 e. The SMILES string of the molecule is CC1CCCC2CCC=CC12. The van der Waals surface area contributed by atoms with Crippen molar-refractivity contribution in [2.45, 2.75) is 39.0 Å². The van der Waals surface area contributed by atoms with Crippen LogP contribution in [0.1, 0.15) is 39.0 Å². The maximum Gasteiger partial charge on any atom is -0.0179 e. The third kappa shape index (κ3) is 1.36. The third-order valence-corrected chi connectivity index (χ3v) is 3.50. The highest BCUT2D eigenvalue weighted by molar-refractivity contribution is 5.00. The van der Waals surface area contributed by atoms with Gasteiger partial charge in [0, 0.05) is 0 Å². The van der Waals surface area contributed by atoms with Crippen molar-refractivity contribution in [2.24, 2.45) is 17.8 Å². The minimum atomic E-state index is 0.942. The van der Waals surface area contributed by atoms with Gasteiger partial charge in [0.15, 0.2) is 0 Å². The fourth-order valence-corrected chi connectivity index (χ4v) is 2.80. The van der Waals surface area contributed by atoms with Gasteiger partial charge in [0.1, 0.15) is 0 Å². The van der Waals surface area contributed by atoms with Crippen LogP contribution in [0.3, 0.4) is 0 Å². The first-order valence-electron chi connectivity index (χ1n) is 5.04. The molecule has 0 spiro atoms. The van der Waals surface area contributed by atoms with Crippen molar-refractivity contribution in [3.63, 3.8) is 0 Å². The molecule has 2 rings (SSSR count). The minimum Gasteiger partial charge on any atom is -0.0882 e. The lowest BCUT2D eigenvalue weighted by Gasteiger charge is -2.36. The Kier molecular flexibility index (Phi) is 2.02. The van der Waals surface area contributed by atoms with Crippen LogP contribution in [-0.4, -0.2) is 0 Å². The Morgan fingerprint density at radius 2 is 2.09 bits per heavy atom. The maximum absolute atomic E-state index is 2.48. The Hall–Kier alpha value is -0.260. The predicted molar refractivity (Wildman–Crippen MR) is 48.4 cm³/mol. The second-order valence-corrected chi connectivity index (χ2v) is 4.25. The zero-order valence-electron chi connectivity index (χ0n) is 7.42. The van der Waals surface area contributed by atoms with E-state index in [0.717, 1.165) is 17.8 Å². The van der Waals surface area contributed by atoms with Gasteiger partial charge in [-0.25, -0.2) is 0 Å². The fourth-order valence-electron chi connectivity index (χ4n) is 2.80. The summed E-state index contributed by atoms with van der Waals surface area (Å²) in [4.78, 5) is 0. The quantitative estimate of drug-likeness (QED) is 0.464. The van der Waals surface area contributed by atoms with Crippen LogP contribution in [0, 0.1) is 17.8 Å². The summed E-state index contributed by atoms with van der Waals surface area (Å²) in [5.74, 6) is 2.95. The average Bonchev–Trinajstić information content (AvgIpc) is 2.06. The summed E-state index contributed by atoms with van der Waals surface area (Å²) in [6.45, 7) is 2.42. The van der Waals surface area contributed by atoms with Crippen LogP contribution in [0.2, 0.25) is 0 Å². The monoisotopic (exact) mass is 150 g/mol. The molecule has 0 amide bonds. The minimum absolute atomic E-state index is 0.942. The molecule has 0 saturated heterocycles. The summed E-state index contributed by atoms with van der Waals surface area (Å²) < 4.78 is 0. The van der Waals surface area contributed by atoms with Gasteiger partial charge in [0.25, 0.3) is 0 Å². The van der Waals surface area contributed by atoms with Crippen molar-refractivity contribution in [1.29, 1.82) is 0 Å². The summed E-state index contributed by atoms with van der Waals surface area (Å²) >= 11 is 0. The van der Waals surface area contributed by atoms with Gasteiger partial charge in [0.2, 0.25) is 0 Å². The zero-order chi connectivity index (χ0) is 7.68. The van der Waals surface area contributed by atoms with Gasteiger partial charge in [-0.3, -0.25) is 0 Å². The molecule has 0 heterocycles. The van der Waals surface area contributed by atoms with E-state index in [1.54, 1.807) is 0 Å². The van der Waals surface area contributed by atoms with E-state index >= 15 is 0 Å². The summed E-state index contributed by atoms with van der Waals surface area (Å²) in [6.07, 6.45) is 12.1. The van der Waals surface area contributed by atoms with Crippen molar-refractivity contribution in [3.8, 4) is 0 Å². The molecule has 11 heavy (non-hydrogen) atoms. The molecule has 0 radical (unpaired) electrons. The van der Waals surface area contributed by atoms with E-state index < -0.39 is 0 Å². The molecular weight excluding hydrogens is 132 g/mol. The zero-order valence-corrected chi connectivity index (χ0v) is 7.42. The lowest BCUT2D eigenvalue weighted by atomic mass is 9.69. The summed E-state index contributed by atoms with van der Waals surface area (Å²) in [5.41, 5.74) is 0. The van der Waals surface area contributed by atoms with Crippen molar-refractivity contribution < 1.29 is 0 Å². The first-order valence-corrected chi connectivity index (χ1v) is 5.04. The van der Waals surface area contributed by atoms with Crippen LogP contribution in [0.4, 0.5) is 0 Å². The fraction of sp³-hybridized carbons (Fsp3) is 0.818. The van der Waals surface area contributed by atoms with E-state index in [9.17, 15) is 0 Å². The van der Waals surface area contributed by atoms with Gasteiger partial charge in [-0.2, -0.15) is 0 Å². The number of fused-ring (bicyclic) bond motifs is 1. The van der Waals surface area contributed by atoms with E-state index in [4.69, 9.17) is 0 Å². The van der Waals surface area contributed by atoms with Gasteiger partial charge < -0.3 is 0 Å². The molecule has 1 fully saturated rings. The van der Waals surface area contributed by atoms with E-state index in [1.807, 2.05) is 0 Å². The Bertz CT molecular complexity index is 157. The predicted octanol–water partition coefficient (Wildman–Crippen LogP) is 3.39. The van der Waals surface area contributed by atoms with Gasteiger partial charge in [0.05, 0.1) is 0 Å². The molecule has 0 heteroatoms. The molecule has 0 bridgehead atoms. The van der Waals surface area contributed by atoms with E-state index in [0.29, 0.717) is 0 Å². The van der Waals surface area contributed by atoms with E-state index in [1.165, 1.54) is 32.1 Å². The lowest BCUT2D eigenvalue weighted by Crippen LogP contribution is -2.26. The smallest absolute Gasteiger partial charge is 0.0179 e. The standard InChI is InChI=1S/C11H18/c1-9-5-4-7-10-6-2-3-8-11(9)10/h3,8-11H,2,4-7H2,1H3. The molecule has 0 nitrogen and oxygen atoms in total. The summed E-state index contributed by atoms with van der Waals surface area (Å²) in [6, 6.07) is 0. The molecule has 0 aromatic heterocycles. The Labute approximate surface area is 69.7 Å². The molecule has 2 aliphatic carbocycles. The highest BCUT2D eigenvalue weighted by Gasteiger charge is 2.29. The Morgan fingerprint density at radius 3 is 2.91 bits per heavy atom. The third-order valence-electron chi connectivity index (χ3n) is 3.50. The molecule has 0 aliphatic heterocycles. The molecule has 0 N–H and O–H groups in total. The highest BCUT2D eigenvalue weighted by Crippen LogP contribution is 2.40. The molecule has 1 saturated carbocycles. The number of hydrogen-bond donors (Lipinski definition) is 0. The van der Waals surface area contributed by atoms with Gasteiger partial charge >= 0.3 is 0 Å². The van der Waals surface area contributed by atoms with Gasteiger partial charge in [-0.1, -0.05) is 31.9 Å². The van der Waals surface area contributed by atoms with Crippen molar-refractivity contribution in [3.05, 3.63) is 12.2 Å². The topological polar surface area (TPSA) is 0 Å². The molecule has 62 valence electrons. The molecule has 0 aromatic carbocycles. The van der Waals surface area contributed by atoms with Crippen LogP contribution in [0.15, 0.2) is 12.2 Å². The van der Waals surface area contributed by atoms with E-state index in [2.05, 4.69) is 19.1 Å². The van der Waals surface area contributed by atoms with Crippen LogP contribution in [0.5, 0.6) is 0 Å². The Morgan fingerprint density at radius 1 is 1.18 bits per heavy atom. The Balaban J connectivity index is 2.09. The van der Waals surface area contributed by atoms with Crippen LogP contribution < -0.4 is 0 Å². The second-order valence-electron chi connectivity index (χ2n) is 4.25. The average molecular weight is 150 g/mol. The van der Waals surface area contributed by atoms with Crippen molar-refractivity contribution in [1.82, 2.24) is 0 Å². The van der Waals surface area contributed by atoms with Crippen LogP contribution in [-0.2, 0) is 0 Å². The van der Waals surface area contributed by atoms with Crippen molar-refractivity contribution in [2.75, 3.05) is 0 Å². The molecule has 0 aromatic rings. The first-order chi connectivity index (χ1) is 5.38. The molecule has 3 atom stereocenters. The normalized spacial score (nSPS) is 43.5. The number of hydrogen-bond acceptors (Lipinski definition) is 0. The first kappa shape index (κ1) is 7.39. The van der Waals surface area contributed by atoms with Crippen molar-refractivity contribution >= 4 is 0 Å². The molecule has 3 unspecified atom stereocenters. The maximum atomic E-state index is 2.48. The second kappa shape index (κ2) is 3.00. The lowest BCUT2D eigenvalue weighted by molar-refractivity contribution is 0.191. The van der Waals surface area contributed by atoms with Gasteiger partial charge in [-0.15, -0.1) is 0 Å². The summed E-state index contributed by atoms with van der Waals surface area (Å²) in [7, 11) is 0. The number of rotatable bonds is 0. The number of allylic oxidation sites excluding steroid dienone is 2. The van der Waals surface area contributed by atoms with E-state index in [-0.39, 0.29) is 0 Å². The highest BCUT2D eigenvalue weighted by atomic mass is 14.3. The van der Waals surface area contributed by atoms with Crippen LogP contribution >= 0.6 is 0 Å². The summed E-state index contributed by atoms with van der Waals surface area (Å²) in [5, 5.41) is 0.